The van der Waals surface area contributed by atoms with E-state index in [1.807, 2.05) is 56.3 Å². The number of anilines is 2. The van der Waals surface area contributed by atoms with Crippen LogP contribution in [0.1, 0.15) is 25.5 Å². The molecule has 3 aromatic rings. The molecular formula is C24H19Cl2N3O. The van der Waals surface area contributed by atoms with Crippen LogP contribution in [0.2, 0.25) is 10.0 Å². The minimum absolute atomic E-state index is 0.150. The summed E-state index contributed by atoms with van der Waals surface area (Å²) in [6, 6.07) is 21.4. The molecule has 0 saturated carbocycles. The summed E-state index contributed by atoms with van der Waals surface area (Å²) in [6.45, 7) is 11.5. The van der Waals surface area contributed by atoms with Crippen LogP contribution in [0.5, 0.6) is 0 Å². The predicted molar refractivity (Wildman–Crippen MR) is 123 cm³/mol. The fourth-order valence-electron chi connectivity index (χ4n) is 4.12. The Bertz CT molecular complexity index is 1130. The summed E-state index contributed by atoms with van der Waals surface area (Å²) in [5.41, 5.74) is 2.33. The van der Waals surface area contributed by atoms with E-state index in [2.05, 4.69) is 4.85 Å². The zero-order chi connectivity index (χ0) is 21.5. The van der Waals surface area contributed by atoms with Gasteiger partial charge in [-0.15, -0.1) is 0 Å². The number of hydrogen-bond donors (Lipinski definition) is 0. The topological polar surface area (TPSA) is 27.9 Å². The van der Waals surface area contributed by atoms with Crippen molar-refractivity contribution in [1.82, 2.24) is 0 Å². The Morgan fingerprint density at radius 2 is 1.47 bits per heavy atom. The van der Waals surface area contributed by atoms with Crippen molar-refractivity contribution in [2.24, 2.45) is 0 Å². The standard InChI is InChI=1S/C24H19Cl2N3O/c1-24(2)22(16-5-4-6-19(15-16)27-3)28(20-11-7-17(25)8-12-20)23(30)29(24)21-13-9-18(26)10-14-21/h4-15,22H,1-2H3. The number of amides is 2. The molecule has 1 unspecified atom stereocenters. The molecule has 6 heteroatoms. The largest absolute Gasteiger partial charge is 0.330 e. The Hall–Kier alpha value is -3.00. The summed E-state index contributed by atoms with van der Waals surface area (Å²) < 4.78 is 0. The van der Waals surface area contributed by atoms with E-state index in [1.54, 1.807) is 40.1 Å². The van der Waals surface area contributed by atoms with Gasteiger partial charge in [-0.25, -0.2) is 9.64 Å². The average Bonchev–Trinajstić information content (AvgIpc) is 2.94. The molecule has 0 radical (unpaired) electrons. The molecular weight excluding hydrogens is 417 g/mol. The second-order valence-corrected chi connectivity index (χ2v) is 8.58. The minimum Gasteiger partial charge on any atom is -0.286 e. The van der Waals surface area contributed by atoms with Gasteiger partial charge in [-0.1, -0.05) is 47.5 Å². The first-order valence-electron chi connectivity index (χ1n) is 9.45. The van der Waals surface area contributed by atoms with Gasteiger partial charge in [-0.05, 0) is 67.9 Å². The van der Waals surface area contributed by atoms with Crippen molar-refractivity contribution in [3.05, 3.63) is 99.8 Å². The number of rotatable bonds is 3. The monoisotopic (exact) mass is 435 g/mol. The molecule has 1 aliphatic heterocycles. The number of carbonyl (C=O) groups is 1. The van der Waals surface area contributed by atoms with E-state index >= 15 is 0 Å². The van der Waals surface area contributed by atoms with Crippen molar-refractivity contribution < 1.29 is 4.79 Å². The third-order valence-electron chi connectivity index (χ3n) is 5.41. The summed E-state index contributed by atoms with van der Waals surface area (Å²) in [5, 5.41) is 1.21. The summed E-state index contributed by atoms with van der Waals surface area (Å²) >= 11 is 12.2. The van der Waals surface area contributed by atoms with E-state index in [-0.39, 0.29) is 12.1 Å². The second-order valence-electron chi connectivity index (χ2n) is 7.70. The van der Waals surface area contributed by atoms with E-state index in [4.69, 9.17) is 29.8 Å². The zero-order valence-corrected chi connectivity index (χ0v) is 18.0. The number of benzene rings is 3. The van der Waals surface area contributed by atoms with Crippen molar-refractivity contribution in [3.63, 3.8) is 0 Å². The molecule has 4 rings (SSSR count). The summed E-state index contributed by atoms with van der Waals surface area (Å²) in [4.78, 5) is 20.9. The van der Waals surface area contributed by atoms with E-state index in [1.165, 1.54) is 0 Å². The van der Waals surface area contributed by atoms with Gasteiger partial charge in [-0.3, -0.25) is 9.80 Å². The quantitative estimate of drug-likeness (QED) is 0.391. The van der Waals surface area contributed by atoms with Crippen LogP contribution in [0.15, 0.2) is 72.8 Å². The molecule has 0 spiro atoms. The first-order valence-corrected chi connectivity index (χ1v) is 10.2. The normalized spacial score (nSPS) is 17.8. The molecule has 1 fully saturated rings. The fraction of sp³-hybridized carbons (Fsp3) is 0.167. The van der Waals surface area contributed by atoms with Crippen LogP contribution in [-0.2, 0) is 0 Å². The lowest BCUT2D eigenvalue weighted by atomic mass is 9.87. The predicted octanol–water partition coefficient (Wildman–Crippen LogP) is 7.51. The van der Waals surface area contributed by atoms with Crippen LogP contribution in [0.3, 0.4) is 0 Å². The van der Waals surface area contributed by atoms with E-state index in [0.717, 1.165) is 16.9 Å². The van der Waals surface area contributed by atoms with Crippen LogP contribution in [-0.4, -0.2) is 11.6 Å². The number of hydrogen-bond acceptors (Lipinski definition) is 1. The lowest BCUT2D eigenvalue weighted by molar-refractivity contribution is 0.254. The highest BCUT2D eigenvalue weighted by molar-refractivity contribution is 6.31. The smallest absolute Gasteiger partial charge is 0.286 e. The molecule has 30 heavy (non-hydrogen) atoms. The van der Waals surface area contributed by atoms with E-state index in [9.17, 15) is 4.79 Å². The number of carbonyl (C=O) groups excluding carboxylic acids is 1. The summed E-state index contributed by atoms with van der Waals surface area (Å²) in [6.07, 6.45) is 0. The van der Waals surface area contributed by atoms with Gasteiger partial charge in [0.1, 0.15) is 0 Å². The average molecular weight is 436 g/mol. The van der Waals surface area contributed by atoms with Gasteiger partial charge in [0, 0.05) is 21.4 Å². The Morgan fingerprint density at radius 1 is 0.900 bits per heavy atom. The third-order valence-corrected chi connectivity index (χ3v) is 5.91. The molecule has 0 aliphatic carbocycles. The van der Waals surface area contributed by atoms with Crippen molar-refractivity contribution in [2.75, 3.05) is 9.80 Å². The first kappa shape index (κ1) is 20.3. The Balaban J connectivity index is 1.90. The van der Waals surface area contributed by atoms with Gasteiger partial charge in [0.2, 0.25) is 0 Å². The maximum absolute atomic E-state index is 13.8. The van der Waals surface area contributed by atoms with Gasteiger partial charge >= 0.3 is 6.03 Å². The molecule has 1 heterocycles. The summed E-state index contributed by atoms with van der Waals surface area (Å²) in [5.74, 6) is 0. The molecule has 1 atom stereocenters. The minimum atomic E-state index is -0.606. The van der Waals surface area contributed by atoms with Crippen molar-refractivity contribution in [2.45, 2.75) is 25.4 Å². The molecule has 150 valence electrons. The second kappa shape index (κ2) is 7.68. The molecule has 0 N–H and O–H groups in total. The Kier molecular flexibility index (Phi) is 5.19. The maximum atomic E-state index is 13.8. The number of nitrogens with zero attached hydrogens (tertiary/aromatic N) is 3. The van der Waals surface area contributed by atoms with Gasteiger partial charge < -0.3 is 0 Å². The SMILES string of the molecule is [C-]#[N+]c1cccc(C2N(c3ccc(Cl)cc3)C(=O)N(c3ccc(Cl)cc3)C2(C)C)c1. The van der Waals surface area contributed by atoms with Crippen molar-refractivity contribution in [1.29, 1.82) is 0 Å². The molecule has 1 aliphatic rings. The number of urea groups is 1. The van der Waals surface area contributed by atoms with Crippen LogP contribution < -0.4 is 9.80 Å². The van der Waals surface area contributed by atoms with Crippen LogP contribution in [0.25, 0.3) is 4.85 Å². The molecule has 0 aromatic heterocycles. The molecule has 3 aromatic carbocycles. The van der Waals surface area contributed by atoms with Crippen LogP contribution in [0, 0.1) is 6.57 Å². The Labute approximate surface area is 186 Å². The van der Waals surface area contributed by atoms with Crippen LogP contribution in [0.4, 0.5) is 21.9 Å². The first-order chi connectivity index (χ1) is 14.3. The summed E-state index contributed by atoms with van der Waals surface area (Å²) in [7, 11) is 0. The lowest BCUT2D eigenvalue weighted by Gasteiger charge is -2.35. The highest BCUT2D eigenvalue weighted by atomic mass is 35.5. The fourth-order valence-corrected chi connectivity index (χ4v) is 4.37. The third kappa shape index (κ3) is 3.41. The highest BCUT2D eigenvalue weighted by Gasteiger charge is 2.53. The highest BCUT2D eigenvalue weighted by Crippen LogP contribution is 2.48. The Morgan fingerprint density at radius 3 is 2.03 bits per heavy atom. The van der Waals surface area contributed by atoms with Gasteiger partial charge in [0.25, 0.3) is 0 Å². The number of halogens is 2. The molecule has 1 saturated heterocycles. The van der Waals surface area contributed by atoms with Crippen molar-refractivity contribution >= 4 is 46.3 Å². The maximum Gasteiger partial charge on any atom is 0.330 e. The van der Waals surface area contributed by atoms with E-state index < -0.39 is 5.54 Å². The van der Waals surface area contributed by atoms with Crippen LogP contribution >= 0.6 is 23.2 Å². The van der Waals surface area contributed by atoms with Gasteiger partial charge in [-0.2, -0.15) is 0 Å². The van der Waals surface area contributed by atoms with Gasteiger partial charge in [0.15, 0.2) is 5.69 Å². The van der Waals surface area contributed by atoms with Crippen molar-refractivity contribution in [3.8, 4) is 0 Å². The lowest BCUT2D eigenvalue weighted by Crippen LogP contribution is -2.43. The molecule has 2 amide bonds. The molecule has 4 nitrogen and oxygen atoms in total. The van der Waals surface area contributed by atoms with Gasteiger partial charge in [0.05, 0.1) is 18.2 Å². The molecule has 0 bridgehead atoms. The van der Waals surface area contributed by atoms with E-state index in [0.29, 0.717) is 15.7 Å². The zero-order valence-electron chi connectivity index (χ0n) is 16.5.